The maximum atomic E-state index is 6.70. The maximum Gasteiger partial charge on any atom is 0.138 e. The number of hydrogen-bond acceptors (Lipinski definition) is 2. The van der Waals surface area contributed by atoms with Gasteiger partial charge in [-0.05, 0) is 115 Å². The van der Waals surface area contributed by atoms with Crippen molar-refractivity contribution in [1.82, 2.24) is 4.57 Å². The molecule has 0 aliphatic heterocycles. The van der Waals surface area contributed by atoms with E-state index in [0.717, 1.165) is 55.3 Å². The van der Waals surface area contributed by atoms with Crippen LogP contribution in [0.3, 0.4) is 0 Å². The Morgan fingerprint density at radius 3 is 1.65 bits per heavy atom. The van der Waals surface area contributed by atoms with Crippen LogP contribution in [0.4, 0.5) is 17.1 Å². The van der Waals surface area contributed by atoms with E-state index in [-0.39, 0.29) is 0 Å². The summed E-state index contributed by atoms with van der Waals surface area (Å²) in [7, 11) is 0. The molecule has 0 N–H and O–H groups in total. The summed E-state index contributed by atoms with van der Waals surface area (Å²) in [5.74, 6) is 0. The molecule has 0 unspecified atom stereocenters. The van der Waals surface area contributed by atoms with Gasteiger partial charge in [0.05, 0.1) is 27.8 Å². The van der Waals surface area contributed by atoms with Crippen LogP contribution in [-0.4, -0.2) is 4.57 Å². The fourth-order valence-corrected chi connectivity index (χ4v) is 10.6. The van der Waals surface area contributed by atoms with Crippen LogP contribution in [0.5, 0.6) is 0 Å². The molecule has 0 saturated heterocycles. The highest BCUT2D eigenvalue weighted by atomic mass is 16.3. The fourth-order valence-electron chi connectivity index (χ4n) is 10.6. The van der Waals surface area contributed by atoms with Crippen molar-refractivity contribution in [2.75, 3.05) is 4.90 Å². The highest BCUT2D eigenvalue weighted by Crippen LogP contribution is 2.49. The SMILES string of the molecule is c1ccc2cc3c(cc2c1)c1cc(N(c2ccc4c(ccc5ccccc54)c2)c2c4ccccc4cc4oc5ccccc5c24)ccc1n3-c1cc2ccccc2c2ccccc12. The van der Waals surface area contributed by atoms with Crippen molar-refractivity contribution < 1.29 is 4.42 Å². The number of aromatic nitrogens is 1. The number of para-hydroxylation sites is 1. The molecule has 63 heavy (non-hydrogen) atoms. The van der Waals surface area contributed by atoms with Gasteiger partial charge in [-0.2, -0.15) is 0 Å². The van der Waals surface area contributed by atoms with Crippen LogP contribution in [0.15, 0.2) is 223 Å². The monoisotopic (exact) mass is 800 g/mol. The summed E-state index contributed by atoms with van der Waals surface area (Å²) in [5, 5.41) is 19.2. The minimum Gasteiger partial charge on any atom is -0.456 e. The third-order valence-electron chi connectivity index (χ3n) is 13.4. The van der Waals surface area contributed by atoms with Gasteiger partial charge in [-0.1, -0.05) is 158 Å². The Balaban J connectivity index is 1.12. The lowest BCUT2D eigenvalue weighted by Crippen LogP contribution is -2.11. The molecule has 0 spiro atoms. The summed E-state index contributed by atoms with van der Waals surface area (Å²) in [4.78, 5) is 2.48. The van der Waals surface area contributed by atoms with E-state index in [1.54, 1.807) is 0 Å². The topological polar surface area (TPSA) is 21.3 Å². The normalized spacial score (nSPS) is 12.1. The van der Waals surface area contributed by atoms with Crippen molar-refractivity contribution in [3.63, 3.8) is 0 Å². The molecular formula is C60H36N2O. The van der Waals surface area contributed by atoms with E-state index >= 15 is 0 Å². The van der Waals surface area contributed by atoms with Gasteiger partial charge in [-0.15, -0.1) is 0 Å². The van der Waals surface area contributed by atoms with Crippen molar-refractivity contribution in [1.29, 1.82) is 0 Å². The number of anilines is 3. The minimum absolute atomic E-state index is 0.869. The van der Waals surface area contributed by atoms with Crippen LogP contribution >= 0.6 is 0 Å². The Kier molecular flexibility index (Phi) is 7.11. The zero-order valence-corrected chi connectivity index (χ0v) is 34.1. The highest BCUT2D eigenvalue weighted by Gasteiger charge is 2.25. The summed E-state index contributed by atoms with van der Waals surface area (Å²) in [6.07, 6.45) is 0. The summed E-state index contributed by atoms with van der Waals surface area (Å²) in [6, 6.07) is 80.1. The average Bonchev–Trinajstić information content (AvgIpc) is 3.87. The van der Waals surface area contributed by atoms with Crippen molar-refractivity contribution in [3.8, 4) is 5.69 Å². The van der Waals surface area contributed by atoms with Gasteiger partial charge in [0.1, 0.15) is 11.2 Å². The maximum absolute atomic E-state index is 6.70. The zero-order chi connectivity index (χ0) is 41.2. The second-order valence-electron chi connectivity index (χ2n) is 16.9. The smallest absolute Gasteiger partial charge is 0.138 e. The molecule has 14 aromatic rings. The Bertz CT molecular complexity index is 4230. The van der Waals surface area contributed by atoms with Gasteiger partial charge < -0.3 is 13.9 Å². The van der Waals surface area contributed by atoms with Crippen molar-refractivity contribution in [2.45, 2.75) is 0 Å². The first-order valence-electron chi connectivity index (χ1n) is 21.7. The second kappa shape index (κ2) is 13.1. The number of hydrogen-bond donors (Lipinski definition) is 0. The van der Waals surface area contributed by atoms with Gasteiger partial charge >= 0.3 is 0 Å². The Morgan fingerprint density at radius 2 is 0.841 bits per heavy atom. The molecule has 0 atom stereocenters. The van der Waals surface area contributed by atoms with Gasteiger partial charge in [0.2, 0.25) is 0 Å². The number of fused-ring (bicyclic) bond motifs is 14. The molecule has 0 fully saturated rings. The molecule has 0 saturated carbocycles. The molecule has 3 nitrogen and oxygen atoms in total. The molecule has 0 radical (unpaired) electrons. The molecule has 0 bridgehead atoms. The van der Waals surface area contributed by atoms with Crippen molar-refractivity contribution in [3.05, 3.63) is 218 Å². The average molecular weight is 801 g/mol. The predicted molar refractivity (Wildman–Crippen MR) is 268 cm³/mol. The number of nitrogens with zero attached hydrogens (tertiary/aromatic N) is 2. The van der Waals surface area contributed by atoms with Crippen LogP contribution in [0, 0.1) is 0 Å². The molecule has 2 aromatic heterocycles. The molecule has 3 heteroatoms. The lowest BCUT2D eigenvalue weighted by molar-refractivity contribution is 0.669. The molecule has 2 heterocycles. The molecular weight excluding hydrogens is 765 g/mol. The number of benzene rings is 12. The van der Waals surface area contributed by atoms with Crippen LogP contribution < -0.4 is 4.90 Å². The Labute approximate surface area is 361 Å². The Hall–Kier alpha value is -8.40. The van der Waals surface area contributed by atoms with Crippen molar-refractivity contribution >= 4 is 125 Å². The highest BCUT2D eigenvalue weighted by molar-refractivity contribution is 6.23. The summed E-state index contributed by atoms with van der Waals surface area (Å²) >= 11 is 0. The van der Waals surface area contributed by atoms with E-state index in [0.29, 0.717) is 0 Å². The molecule has 0 aliphatic carbocycles. The van der Waals surface area contributed by atoms with Gasteiger partial charge in [0.15, 0.2) is 0 Å². The fraction of sp³-hybridized carbons (Fsp3) is 0. The van der Waals surface area contributed by atoms with Crippen LogP contribution in [0.25, 0.3) is 114 Å². The van der Waals surface area contributed by atoms with E-state index in [1.165, 1.54) is 75.8 Å². The van der Waals surface area contributed by atoms with E-state index in [9.17, 15) is 0 Å². The summed E-state index contributed by atoms with van der Waals surface area (Å²) < 4.78 is 9.20. The lowest BCUT2D eigenvalue weighted by Gasteiger charge is -2.28. The third-order valence-corrected chi connectivity index (χ3v) is 13.4. The molecule has 0 amide bonds. The minimum atomic E-state index is 0.869. The van der Waals surface area contributed by atoms with E-state index < -0.39 is 0 Å². The van der Waals surface area contributed by atoms with E-state index in [4.69, 9.17) is 4.42 Å². The van der Waals surface area contributed by atoms with Crippen LogP contribution in [-0.2, 0) is 0 Å². The number of rotatable bonds is 4. The molecule has 292 valence electrons. The van der Waals surface area contributed by atoms with E-state index in [2.05, 4.69) is 228 Å². The van der Waals surface area contributed by atoms with Crippen molar-refractivity contribution in [2.24, 2.45) is 0 Å². The van der Waals surface area contributed by atoms with Gasteiger partial charge in [0, 0.05) is 38.3 Å². The van der Waals surface area contributed by atoms with Crippen LogP contribution in [0.2, 0.25) is 0 Å². The predicted octanol–water partition coefficient (Wildman–Crippen LogP) is 17.1. The number of furan rings is 1. The van der Waals surface area contributed by atoms with Gasteiger partial charge in [-0.3, -0.25) is 0 Å². The van der Waals surface area contributed by atoms with E-state index in [1.807, 2.05) is 0 Å². The first kappa shape index (κ1) is 34.3. The summed E-state index contributed by atoms with van der Waals surface area (Å²) in [5.41, 5.74) is 8.51. The second-order valence-corrected chi connectivity index (χ2v) is 16.9. The van der Waals surface area contributed by atoms with Gasteiger partial charge in [-0.25, -0.2) is 0 Å². The largest absolute Gasteiger partial charge is 0.456 e. The molecule has 14 rings (SSSR count). The molecule has 12 aromatic carbocycles. The first-order valence-corrected chi connectivity index (χ1v) is 21.7. The zero-order valence-electron chi connectivity index (χ0n) is 34.1. The third kappa shape index (κ3) is 5.02. The lowest BCUT2D eigenvalue weighted by atomic mass is 9.98. The van der Waals surface area contributed by atoms with Gasteiger partial charge in [0.25, 0.3) is 0 Å². The first-order chi connectivity index (χ1) is 31.2. The van der Waals surface area contributed by atoms with Crippen LogP contribution in [0.1, 0.15) is 0 Å². The molecule has 0 aliphatic rings. The summed E-state index contributed by atoms with van der Waals surface area (Å²) in [6.45, 7) is 0. The quantitative estimate of drug-likeness (QED) is 0.165. The Morgan fingerprint density at radius 1 is 0.302 bits per heavy atom. The standard InChI is InChI=1S/C60H36N2O/c1-2-15-39-33-56-52(32-38(39)14-1)53-36-44(28-30-54(53)62(56)55-34-40-16-4-7-19-46(40)49-21-9-10-22-50(49)55)61(43-27-29-47-42(31-43)26-25-37-13-3-6-18-45(37)47)60-48-20-8-5-17-41(48)35-58-59(60)51-23-11-12-24-57(51)63-58/h1-36H.